The Morgan fingerprint density at radius 3 is 2.83 bits per heavy atom. The van der Waals surface area contributed by atoms with E-state index < -0.39 is 0 Å². The Labute approximate surface area is 141 Å². The fourth-order valence-electron chi connectivity index (χ4n) is 4.00. The number of carbonyl (C=O) groups excluding carboxylic acids is 1. The second-order valence-electron chi connectivity index (χ2n) is 6.93. The van der Waals surface area contributed by atoms with Gasteiger partial charge >= 0.3 is 5.97 Å². The molecule has 0 bridgehead atoms. The van der Waals surface area contributed by atoms with Crippen LogP contribution in [-0.4, -0.2) is 36.6 Å². The van der Waals surface area contributed by atoms with E-state index in [4.69, 9.17) is 9.47 Å². The topological polar surface area (TPSA) is 54.6 Å². The van der Waals surface area contributed by atoms with Crippen molar-refractivity contribution in [2.24, 2.45) is 5.92 Å². The minimum atomic E-state index is -0.319. The van der Waals surface area contributed by atoms with Gasteiger partial charge in [0.1, 0.15) is 5.75 Å². The van der Waals surface area contributed by atoms with Gasteiger partial charge in [-0.2, -0.15) is 0 Å². The van der Waals surface area contributed by atoms with E-state index in [1.165, 1.54) is 10.9 Å². The first-order valence-electron chi connectivity index (χ1n) is 8.76. The van der Waals surface area contributed by atoms with Crippen LogP contribution in [0.3, 0.4) is 0 Å². The molecule has 1 aromatic heterocycles. The number of nitrogens with zero attached hydrogens (tertiary/aromatic N) is 1. The number of rotatable bonds is 3. The molecule has 1 N–H and O–H groups in total. The van der Waals surface area contributed by atoms with Gasteiger partial charge in [-0.25, -0.2) is 0 Å². The van der Waals surface area contributed by atoms with Crippen LogP contribution in [0.15, 0.2) is 18.2 Å². The first-order valence-corrected chi connectivity index (χ1v) is 8.76. The standard InChI is InChI=1S/C19H24N2O3/c1-21-10-9-14-15-11-13(23-2)7-8-16(15)20-17(14)18(21)24-19(22)12-5-3-4-6-12/h7-8,11-12,18,20H,3-6,9-10H2,1-2H3. The van der Waals surface area contributed by atoms with Crippen molar-refractivity contribution in [1.29, 1.82) is 0 Å². The van der Waals surface area contributed by atoms with Gasteiger partial charge in [0.2, 0.25) is 0 Å². The number of likely N-dealkylation sites (N-methyl/N-ethyl adjacent to an activating group) is 1. The van der Waals surface area contributed by atoms with E-state index in [9.17, 15) is 4.79 Å². The van der Waals surface area contributed by atoms with E-state index in [0.29, 0.717) is 0 Å². The van der Waals surface area contributed by atoms with Crippen molar-refractivity contribution in [2.75, 3.05) is 20.7 Å². The summed E-state index contributed by atoms with van der Waals surface area (Å²) in [7, 11) is 3.70. The highest BCUT2D eigenvalue weighted by molar-refractivity contribution is 5.86. The fourth-order valence-corrected chi connectivity index (χ4v) is 4.00. The maximum Gasteiger partial charge on any atom is 0.310 e. The molecule has 1 saturated carbocycles. The highest BCUT2D eigenvalue weighted by Crippen LogP contribution is 2.37. The van der Waals surface area contributed by atoms with Crippen molar-refractivity contribution < 1.29 is 14.3 Å². The van der Waals surface area contributed by atoms with Crippen LogP contribution in [0.5, 0.6) is 5.75 Å². The molecule has 1 atom stereocenters. The summed E-state index contributed by atoms with van der Waals surface area (Å²) in [6, 6.07) is 6.04. The van der Waals surface area contributed by atoms with Crippen molar-refractivity contribution in [3.8, 4) is 5.75 Å². The summed E-state index contributed by atoms with van der Waals surface area (Å²) in [6.45, 7) is 0.875. The van der Waals surface area contributed by atoms with Gasteiger partial charge < -0.3 is 14.5 Å². The summed E-state index contributed by atoms with van der Waals surface area (Å²) in [5, 5.41) is 1.17. The number of nitrogens with one attached hydrogen (secondary N) is 1. The average Bonchev–Trinajstić information content (AvgIpc) is 3.24. The number of methoxy groups -OCH3 is 1. The highest BCUT2D eigenvalue weighted by atomic mass is 16.6. The summed E-state index contributed by atoms with van der Waals surface area (Å²) in [5.74, 6) is 0.879. The van der Waals surface area contributed by atoms with Crippen LogP contribution in [0.1, 0.15) is 43.2 Å². The van der Waals surface area contributed by atoms with Gasteiger partial charge in [0.15, 0.2) is 6.23 Å². The molecule has 2 aliphatic rings. The molecule has 0 saturated heterocycles. The molecule has 0 radical (unpaired) electrons. The van der Waals surface area contributed by atoms with Crippen molar-refractivity contribution in [2.45, 2.75) is 38.3 Å². The van der Waals surface area contributed by atoms with Gasteiger partial charge in [0.25, 0.3) is 0 Å². The Bertz CT molecular complexity index is 761. The number of aromatic amines is 1. The molecule has 0 amide bonds. The predicted molar refractivity (Wildman–Crippen MR) is 92.0 cm³/mol. The third-order valence-corrected chi connectivity index (χ3v) is 5.42. The number of benzene rings is 1. The molecule has 2 aromatic rings. The first-order chi connectivity index (χ1) is 11.7. The molecule has 5 nitrogen and oxygen atoms in total. The molecular formula is C19H24N2O3. The Kier molecular flexibility index (Phi) is 3.96. The monoisotopic (exact) mass is 328 g/mol. The van der Waals surface area contributed by atoms with E-state index in [2.05, 4.69) is 16.0 Å². The summed E-state index contributed by atoms with van der Waals surface area (Å²) in [6.07, 6.45) is 4.82. The third kappa shape index (κ3) is 2.57. The second kappa shape index (κ2) is 6.13. The van der Waals surface area contributed by atoms with Gasteiger partial charge in [0.05, 0.1) is 18.7 Å². The second-order valence-corrected chi connectivity index (χ2v) is 6.93. The minimum absolute atomic E-state index is 0.0477. The lowest BCUT2D eigenvalue weighted by Crippen LogP contribution is -2.36. The Hall–Kier alpha value is -2.01. The van der Waals surface area contributed by atoms with E-state index >= 15 is 0 Å². The Morgan fingerprint density at radius 1 is 1.29 bits per heavy atom. The number of H-pyrrole nitrogens is 1. The average molecular weight is 328 g/mol. The maximum atomic E-state index is 12.5. The van der Waals surface area contributed by atoms with Crippen LogP contribution in [0.25, 0.3) is 10.9 Å². The van der Waals surface area contributed by atoms with Gasteiger partial charge in [-0.15, -0.1) is 0 Å². The summed E-state index contributed by atoms with van der Waals surface area (Å²) >= 11 is 0. The maximum absolute atomic E-state index is 12.5. The number of esters is 1. The normalized spacial score (nSPS) is 21.8. The molecule has 24 heavy (non-hydrogen) atoms. The van der Waals surface area contributed by atoms with Gasteiger partial charge in [-0.3, -0.25) is 9.69 Å². The molecule has 2 heterocycles. The largest absolute Gasteiger partial charge is 0.497 e. The predicted octanol–water partition coefficient (Wildman–Crippen LogP) is 3.40. The minimum Gasteiger partial charge on any atom is -0.497 e. The smallest absolute Gasteiger partial charge is 0.310 e. The highest BCUT2D eigenvalue weighted by Gasteiger charge is 2.34. The zero-order valence-electron chi connectivity index (χ0n) is 14.3. The lowest BCUT2D eigenvalue weighted by molar-refractivity contribution is -0.165. The van der Waals surface area contributed by atoms with Crippen molar-refractivity contribution in [1.82, 2.24) is 9.88 Å². The number of ether oxygens (including phenoxy) is 2. The van der Waals surface area contributed by atoms with Gasteiger partial charge in [0, 0.05) is 17.4 Å². The molecule has 1 aliphatic heterocycles. The third-order valence-electron chi connectivity index (χ3n) is 5.42. The lowest BCUT2D eigenvalue weighted by Gasteiger charge is -2.32. The van der Waals surface area contributed by atoms with Crippen LogP contribution in [0.4, 0.5) is 0 Å². The van der Waals surface area contributed by atoms with E-state index in [0.717, 1.165) is 55.6 Å². The molecule has 0 spiro atoms. The van der Waals surface area contributed by atoms with Crippen LogP contribution in [0.2, 0.25) is 0 Å². The molecule has 1 aromatic carbocycles. The quantitative estimate of drug-likeness (QED) is 0.878. The molecule has 1 aliphatic carbocycles. The number of hydrogen-bond acceptors (Lipinski definition) is 4. The first kappa shape index (κ1) is 15.5. The molecule has 5 heteroatoms. The van der Waals surface area contributed by atoms with Crippen LogP contribution >= 0.6 is 0 Å². The zero-order chi connectivity index (χ0) is 16.7. The lowest BCUT2D eigenvalue weighted by atomic mass is 10.0. The molecule has 128 valence electrons. The van der Waals surface area contributed by atoms with Crippen LogP contribution in [0, 0.1) is 5.92 Å². The molecule has 1 fully saturated rings. The van der Waals surface area contributed by atoms with Crippen molar-refractivity contribution in [3.05, 3.63) is 29.5 Å². The van der Waals surface area contributed by atoms with E-state index in [1.54, 1.807) is 7.11 Å². The molecule has 1 unspecified atom stereocenters. The zero-order valence-corrected chi connectivity index (χ0v) is 14.3. The Morgan fingerprint density at radius 2 is 2.08 bits per heavy atom. The summed E-state index contributed by atoms with van der Waals surface area (Å²) in [5.41, 5.74) is 3.32. The van der Waals surface area contributed by atoms with Gasteiger partial charge in [-0.1, -0.05) is 12.8 Å². The number of carbonyl (C=O) groups is 1. The van der Waals surface area contributed by atoms with Crippen LogP contribution in [-0.2, 0) is 16.0 Å². The number of fused-ring (bicyclic) bond motifs is 3. The Balaban J connectivity index is 1.67. The van der Waals surface area contributed by atoms with E-state index in [-0.39, 0.29) is 18.1 Å². The van der Waals surface area contributed by atoms with Crippen molar-refractivity contribution in [3.63, 3.8) is 0 Å². The summed E-state index contributed by atoms with van der Waals surface area (Å²) < 4.78 is 11.3. The number of hydrogen-bond donors (Lipinski definition) is 1. The number of aromatic nitrogens is 1. The molecule has 4 rings (SSSR count). The van der Waals surface area contributed by atoms with E-state index in [1.807, 2.05) is 19.2 Å². The van der Waals surface area contributed by atoms with Crippen LogP contribution < -0.4 is 4.74 Å². The fraction of sp³-hybridized carbons (Fsp3) is 0.526. The van der Waals surface area contributed by atoms with Gasteiger partial charge in [-0.05, 0) is 50.1 Å². The summed E-state index contributed by atoms with van der Waals surface area (Å²) in [4.78, 5) is 18.1. The van der Waals surface area contributed by atoms with Crippen molar-refractivity contribution >= 4 is 16.9 Å². The molecular weight excluding hydrogens is 304 g/mol. The SMILES string of the molecule is COc1ccc2[nH]c3c(c2c1)CCN(C)C3OC(=O)C1CCCC1.